The first-order valence-corrected chi connectivity index (χ1v) is 4.12. The molecule has 2 rings (SSSR count). The van der Waals surface area contributed by atoms with Gasteiger partial charge in [-0.15, -0.1) is 0 Å². The number of nitrogens with zero attached hydrogens (tertiary/aromatic N) is 3. The molecule has 5 heteroatoms. The van der Waals surface area contributed by atoms with E-state index in [1.54, 1.807) is 6.20 Å². The summed E-state index contributed by atoms with van der Waals surface area (Å²) in [5.74, 6) is 0. The van der Waals surface area contributed by atoms with Crippen LogP contribution in [-0.2, 0) is 0 Å². The van der Waals surface area contributed by atoms with E-state index in [-0.39, 0.29) is 0 Å². The van der Waals surface area contributed by atoms with Crippen LogP contribution in [0.15, 0.2) is 10.8 Å². The quantitative estimate of drug-likeness (QED) is 0.670. The van der Waals surface area contributed by atoms with Crippen molar-refractivity contribution >= 4 is 37.7 Å². The van der Waals surface area contributed by atoms with Gasteiger partial charge in [0.15, 0.2) is 16.0 Å². The van der Waals surface area contributed by atoms with Crippen LogP contribution in [0.5, 0.6) is 0 Å². The molecule has 0 unspecified atom stereocenters. The van der Waals surface area contributed by atoms with Crippen molar-refractivity contribution in [1.82, 2.24) is 15.0 Å². The molecule has 2 aromatic rings. The first kappa shape index (κ1) is 6.18. The number of aromatic nitrogens is 3. The van der Waals surface area contributed by atoms with E-state index in [1.165, 1.54) is 11.3 Å². The van der Waals surface area contributed by atoms with Gasteiger partial charge in [-0.05, 0) is 15.9 Å². The molecule has 2 aromatic heterocycles. The number of thiazole rings is 1. The van der Waals surface area contributed by atoms with E-state index < -0.39 is 0 Å². The zero-order chi connectivity index (χ0) is 6.97. The summed E-state index contributed by atoms with van der Waals surface area (Å²) >= 11 is 4.57. The van der Waals surface area contributed by atoms with Gasteiger partial charge < -0.3 is 0 Å². The van der Waals surface area contributed by atoms with E-state index in [9.17, 15) is 0 Å². The van der Waals surface area contributed by atoms with Gasteiger partial charge in [0.1, 0.15) is 4.60 Å². The van der Waals surface area contributed by atoms with E-state index in [1.807, 2.05) is 0 Å². The van der Waals surface area contributed by atoms with Crippen LogP contribution in [0.1, 0.15) is 0 Å². The molecule has 49 valence electrons. The monoisotopic (exact) mass is 214 g/mol. The van der Waals surface area contributed by atoms with Crippen LogP contribution in [-0.4, -0.2) is 15.0 Å². The summed E-state index contributed by atoms with van der Waals surface area (Å²) < 4.78 is 0.734. The van der Waals surface area contributed by atoms with Crippen LogP contribution in [0.25, 0.3) is 10.5 Å². The molecule has 0 spiro atoms. The zero-order valence-electron chi connectivity index (χ0n) is 4.71. The van der Waals surface area contributed by atoms with E-state index in [4.69, 9.17) is 0 Å². The molecule has 2 heterocycles. The van der Waals surface area contributed by atoms with Crippen LogP contribution in [0, 0.1) is 5.51 Å². The van der Waals surface area contributed by atoms with E-state index in [0.29, 0.717) is 5.65 Å². The molecule has 0 saturated carbocycles. The topological polar surface area (TPSA) is 38.7 Å². The lowest BCUT2D eigenvalue weighted by atomic mass is 10.7. The molecule has 0 atom stereocenters. The van der Waals surface area contributed by atoms with Gasteiger partial charge in [0, 0.05) is 0 Å². The Balaban J connectivity index is 2.86. The van der Waals surface area contributed by atoms with Gasteiger partial charge in [-0.1, -0.05) is 11.3 Å². The van der Waals surface area contributed by atoms with Crippen LogP contribution in [0.3, 0.4) is 0 Å². The average molecular weight is 215 g/mol. The summed E-state index contributed by atoms with van der Waals surface area (Å²) in [6.45, 7) is 0. The highest BCUT2D eigenvalue weighted by atomic mass is 79.9. The Morgan fingerprint density at radius 1 is 1.60 bits per heavy atom. The lowest BCUT2D eigenvalue weighted by molar-refractivity contribution is 1.23. The number of halogens is 1. The minimum absolute atomic E-state index is 0.660. The second-order valence-electron chi connectivity index (χ2n) is 1.63. The Labute approximate surface area is 69.3 Å². The van der Waals surface area contributed by atoms with Gasteiger partial charge in [0.05, 0.1) is 6.20 Å². The molecule has 10 heavy (non-hydrogen) atoms. The van der Waals surface area contributed by atoms with Gasteiger partial charge >= 0.3 is 0 Å². The third-order valence-corrected chi connectivity index (χ3v) is 2.02. The van der Waals surface area contributed by atoms with E-state index >= 15 is 0 Å². The minimum atomic E-state index is 0.660. The Morgan fingerprint density at radius 3 is 3.40 bits per heavy atom. The maximum absolute atomic E-state index is 4.11. The highest BCUT2D eigenvalue weighted by molar-refractivity contribution is 9.10. The van der Waals surface area contributed by atoms with Crippen molar-refractivity contribution in [2.75, 3.05) is 0 Å². The van der Waals surface area contributed by atoms with Crippen molar-refractivity contribution in [3.05, 3.63) is 16.3 Å². The van der Waals surface area contributed by atoms with Crippen LogP contribution >= 0.6 is 27.3 Å². The number of hydrogen-bond acceptors (Lipinski definition) is 4. The Morgan fingerprint density at radius 2 is 2.50 bits per heavy atom. The lowest BCUT2D eigenvalue weighted by Gasteiger charge is -1.85. The first-order chi connectivity index (χ1) is 4.86. The van der Waals surface area contributed by atoms with Crippen molar-refractivity contribution in [2.24, 2.45) is 0 Å². The second-order valence-corrected chi connectivity index (χ2v) is 3.21. The average Bonchev–Trinajstić information content (AvgIpc) is 2.33. The summed E-state index contributed by atoms with van der Waals surface area (Å²) in [4.78, 5) is 12.8. The van der Waals surface area contributed by atoms with E-state index in [0.717, 1.165) is 9.43 Å². The van der Waals surface area contributed by atoms with Crippen molar-refractivity contribution in [1.29, 1.82) is 0 Å². The SMILES string of the molecule is Brc1cnc2n[c]sc2n1. The number of rotatable bonds is 0. The lowest BCUT2D eigenvalue weighted by Crippen LogP contribution is -1.79. The maximum atomic E-state index is 4.11. The number of fused-ring (bicyclic) bond motifs is 1. The molecule has 0 aromatic carbocycles. The molecule has 0 N–H and O–H groups in total. The largest absolute Gasteiger partial charge is 0.232 e. The molecule has 3 nitrogen and oxygen atoms in total. The normalized spacial score (nSPS) is 10.5. The van der Waals surface area contributed by atoms with Crippen molar-refractivity contribution in [3.8, 4) is 0 Å². The highest BCUT2D eigenvalue weighted by Crippen LogP contribution is 2.14. The fourth-order valence-corrected chi connectivity index (χ4v) is 1.55. The summed E-state index contributed by atoms with van der Waals surface area (Å²) in [6.07, 6.45) is 1.62. The van der Waals surface area contributed by atoms with Crippen LogP contribution in [0.4, 0.5) is 0 Å². The Bertz CT molecular complexity index is 358. The summed E-state index contributed by atoms with van der Waals surface area (Å²) in [6, 6.07) is 0. The maximum Gasteiger partial charge on any atom is 0.190 e. The molecule has 0 fully saturated rings. The predicted molar refractivity (Wildman–Crippen MR) is 41.7 cm³/mol. The second kappa shape index (κ2) is 2.25. The standard InChI is InChI=1S/C5HBrN3S/c6-3-1-7-4-5(9-3)10-2-8-4/h1H. The predicted octanol–water partition coefficient (Wildman–Crippen LogP) is 1.65. The molecule has 1 radical (unpaired) electrons. The third-order valence-electron chi connectivity index (χ3n) is 0.987. The minimum Gasteiger partial charge on any atom is -0.232 e. The van der Waals surface area contributed by atoms with Crippen LogP contribution in [0.2, 0.25) is 0 Å². The molecular weight excluding hydrogens is 214 g/mol. The molecule has 0 aliphatic rings. The summed E-state index contributed by atoms with van der Waals surface area (Å²) in [5.41, 5.74) is 3.37. The van der Waals surface area contributed by atoms with Gasteiger partial charge in [-0.3, -0.25) is 0 Å². The van der Waals surface area contributed by atoms with Gasteiger partial charge in [0.25, 0.3) is 0 Å². The fourth-order valence-electron chi connectivity index (χ4n) is 0.600. The highest BCUT2D eigenvalue weighted by Gasteiger charge is 1.98. The molecule has 0 aliphatic carbocycles. The van der Waals surface area contributed by atoms with Crippen molar-refractivity contribution in [2.45, 2.75) is 0 Å². The van der Waals surface area contributed by atoms with Crippen molar-refractivity contribution < 1.29 is 0 Å². The zero-order valence-corrected chi connectivity index (χ0v) is 7.11. The van der Waals surface area contributed by atoms with Gasteiger partial charge in [-0.2, -0.15) is 0 Å². The summed E-state index contributed by atoms with van der Waals surface area (Å²) in [5, 5.41) is 0. The Hall–Kier alpha value is -0.550. The number of hydrogen-bond donors (Lipinski definition) is 0. The van der Waals surface area contributed by atoms with Crippen LogP contribution < -0.4 is 0 Å². The van der Waals surface area contributed by atoms with Crippen molar-refractivity contribution in [3.63, 3.8) is 0 Å². The molecule has 0 saturated heterocycles. The third kappa shape index (κ3) is 0.911. The molecular formula is C5HBrN3S. The first-order valence-electron chi connectivity index (χ1n) is 2.51. The molecule has 0 aliphatic heterocycles. The molecule has 0 bridgehead atoms. The molecule has 0 amide bonds. The van der Waals surface area contributed by atoms with E-state index in [2.05, 4.69) is 36.4 Å². The van der Waals surface area contributed by atoms with Gasteiger partial charge in [0.2, 0.25) is 0 Å². The smallest absolute Gasteiger partial charge is 0.190 e. The van der Waals surface area contributed by atoms with Gasteiger partial charge in [-0.25, -0.2) is 15.0 Å². The Kier molecular flexibility index (Phi) is 1.39. The fraction of sp³-hybridized carbons (Fsp3) is 0. The summed E-state index contributed by atoms with van der Waals surface area (Å²) in [7, 11) is 0.